The summed E-state index contributed by atoms with van der Waals surface area (Å²) in [6.07, 6.45) is 3.85. The summed E-state index contributed by atoms with van der Waals surface area (Å²) in [5, 5.41) is 0.840. The number of rotatable bonds is 3. The summed E-state index contributed by atoms with van der Waals surface area (Å²) in [6, 6.07) is 4.07. The van der Waals surface area contributed by atoms with Gasteiger partial charge < -0.3 is 9.80 Å². The molecule has 0 amide bonds. The van der Waals surface area contributed by atoms with Crippen LogP contribution in [0.4, 0.5) is 11.8 Å². The topological polar surface area (TPSA) is 58.0 Å². The number of aromatic nitrogens is 4. The van der Waals surface area contributed by atoms with Crippen molar-refractivity contribution >= 4 is 23.5 Å². The van der Waals surface area contributed by atoms with Crippen molar-refractivity contribution in [3.8, 4) is 0 Å². The number of anilines is 2. The van der Waals surface area contributed by atoms with E-state index in [9.17, 15) is 0 Å². The molecule has 3 rings (SSSR count). The molecule has 0 N–H and O–H groups in total. The number of nitrogens with zero attached hydrogens (tertiary/aromatic N) is 6. The van der Waals surface area contributed by atoms with Crippen molar-refractivity contribution in [1.29, 1.82) is 0 Å². The average Bonchev–Trinajstić information content (AvgIpc) is 2.60. The maximum absolute atomic E-state index is 4.73. The molecule has 0 atom stereocenters. The monoisotopic (exact) mass is 358 g/mol. The number of aryl methyl sites for hydroxylation is 1. The predicted molar refractivity (Wildman–Crippen MR) is 104 cm³/mol. The number of hydrogen-bond donors (Lipinski definition) is 0. The van der Waals surface area contributed by atoms with E-state index >= 15 is 0 Å². The van der Waals surface area contributed by atoms with Crippen LogP contribution in [0.3, 0.4) is 0 Å². The minimum Gasteiger partial charge on any atom is -0.353 e. The first-order valence-corrected chi connectivity index (χ1v) is 9.82. The number of thioether (sulfide) groups is 1. The molecule has 1 aliphatic rings. The third kappa shape index (κ3) is 4.21. The zero-order chi connectivity index (χ0) is 18.0. The smallest absolute Gasteiger partial charge is 0.225 e. The molecule has 2 aromatic rings. The first-order chi connectivity index (χ1) is 11.9. The van der Waals surface area contributed by atoms with Gasteiger partial charge in [-0.2, -0.15) is 0 Å². The van der Waals surface area contributed by atoms with Gasteiger partial charge in [-0.05, 0) is 19.2 Å². The summed E-state index contributed by atoms with van der Waals surface area (Å²) in [5.74, 6) is 1.84. The molecule has 0 saturated carbocycles. The Kier molecular flexibility index (Phi) is 5.13. The molecular weight excluding hydrogens is 332 g/mol. The Labute approximate surface area is 154 Å². The van der Waals surface area contributed by atoms with Crippen molar-refractivity contribution in [2.75, 3.05) is 42.2 Å². The Morgan fingerprint density at radius 3 is 2.28 bits per heavy atom. The predicted octanol–water partition coefficient (Wildman–Crippen LogP) is 2.92. The zero-order valence-corrected chi connectivity index (χ0v) is 16.5. The second-order valence-corrected chi connectivity index (χ2v) is 8.09. The van der Waals surface area contributed by atoms with E-state index in [-0.39, 0.29) is 5.41 Å². The average molecular weight is 359 g/mol. The van der Waals surface area contributed by atoms with Gasteiger partial charge >= 0.3 is 0 Å². The van der Waals surface area contributed by atoms with E-state index in [1.165, 1.54) is 0 Å². The van der Waals surface area contributed by atoms with Gasteiger partial charge in [0.05, 0.1) is 5.69 Å². The molecule has 0 unspecified atom stereocenters. The van der Waals surface area contributed by atoms with Crippen molar-refractivity contribution in [2.24, 2.45) is 0 Å². The molecule has 25 heavy (non-hydrogen) atoms. The van der Waals surface area contributed by atoms with Gasteiger partial charge in [0, 0.05) is 49.6 Å². The quantitative estimate of drug-likeness (QED) is 0.617. The van der Waals surface area contributed by atoms with Crippen LogP contribution in [0.1, 0.15) is 32.2 Å². The summed E-state index contributed by atoms with van der Waals surface area (Å²) >= 11 is 1.60. The maximum Gasteiger partial charge on any atom is 0.225 e. The van der Waals surface area contributed by atoms with Crippen LogP contribution in [0.2, 0.25) is 0 Å². The number of hydrogen-bond acceptors (Lipinski definition) is 7. The van der Waals surface area contributed by atoms with Gasteiger partial charge in [-0.15, -0.1) is 0 Å². The van der Waals surface area contributed by atoms with Crippen molar-refractivity contribution in [3.05, 3.63) is 29.7 Å². The van der Waals surface area contributed by atoms with Gasteiger partial charge in [0.15, 0.2) is 5.16 Å². The van der Waals surface area contributed by atoms with Crippen LogP contribution in [0, 0.1) is 6.92 Å². The largest absolute Gasteiger partial charge is 0.353 e. The molecule has 3 heterocycles. The van der Waals surface area contributed by atoms with Crippen molar-refractivity contribution in [3.63, 3.8) is 0 Å². The summed E-state index contributed by atoms with van der Waals surface area (Å²) in [5.41, 5.74) is 2.10. The lowest BCUT2D eigenvalue weighted by Crippen LogP contribution is -2.47. The third-order valence-corrected chi connectivity index (χ3v) is 4.86. The standard InChI is InChI=1S/C18H26N6S/c1-13-6-7-19-16(20-13)24-10-8-23(9-11-24)15-12-14(18(2,3)4)21-17(22-15)25-5/h6-7,12H,8-11H2,1-5H3. The highest BCUT2D eigenvalue weighted by Crippen LogP contribution is 2.27. The van der Waals surface area contributed by atoms with E-state index in [0.29, 0.717) is 0 Å². The molecule has 0 spiro atoms. The lowest BCUT2D eigenvalue weighted by molar-refractivity contribution is 0.555. The van der Waals surface area contributed by atoms with Gasteiger partial charge in [0.2, 0.25) is 5.95 Å². The van der Waals surface area contributed by atoms with Crippen LogP contribution in [0.15, 0.2) is 23.5 Å². The summed E-state index contributed by atoms with van der Waals surface area (Å²) in [7, 11) is 0. The maximum atomic E-state index is 4.73. The first-order valence-electron chi connectivity index (χ1n) is 8.60. The van der Waals surface area contributed by atoms with E-state index in [0.717, 1.165) is 54.5 Å². The highest BCUT2D eigenvalue weighted by molar-refractivity contribution is 7.98. The second kappa shape index (κ2) is 7.15. The summed E-state index contributed by atoms with van der Waals surface area (Å²) in [6.45, 7) is 12.2. The van der Waals surface area contributed by atoms with Gasteiger partial charge in [-0.3, -0.25) is 0 Å². The number of piperazine rings is 1. The Bertz CT molecular complexity index is 735. The minimum atomic E-state index is 0.0133. The van der Waals surface area contributed by atoms with Crippen LogP contribution in [-0.2, 0) is 5.41 Å². The Hall–Kier alpha value is -1.89. The van der Waals surface area contributed by atoms with Crippen LogP contribution in [0.25, 0.3) is 0 Å². The van der Waals surface area contributed by atoms with Crippen LogP contribution in [-0.4, -0.2) is 52.4 Å². The highest BCUT2D eigenvalue weighted by Gasteiger charge is 2.23. The molecule has 0 aromatic carbocycles. The van der Waals surface area contributed by atoms with E-state index < -0.39 is 0 Å². The summed E-state index contributed by atoms with van der Waals surface area (Å²) in [4.78, 5) is 22.9. The summed E-state index contributed by atoms with van der Waals surface area (Å²) < 4.78 is 0. The molecule has 0 bridgehead atoms. The van der Waals surface area contributed by atoms with Gasteiger partial charge in [0.25, 0.3) is 0 Å². The lowest BCUT2D eigenvalue weighted by Gasteiger charge is -2.36. The molecule has 2 aromatic heterocycles. The molecule has 6 nitrogen and oxygen atoms in total. The van der Waals surface area contributed by atoms with Gasteiger partial charge in [-0.25, -0.2) is 19.9 Å². The van der Waals surface area contributed by atoms with E-state index in [4.69, 9.17) is 4.98 Å². The Morgan fingerprint density at radius 1 is 1.00 bits per heavy atom. The van der Waals surface area contributed by atoms with E-state index in [1.54, 1.807) is 11.8 Å². The Morgan fingerprint density at radius 2 is 1.68 bits per heavy atom. The van der Waals surface area contributed by atoms with Crippen molar-refractivity contribution < 1.29 is 0 Å². The Balaban J connectivity index is 1.76. The molecule has 134 valence electrons. The van der Waals surface area contributed by atoms with Crippen LogP contribution < -0.4 is 9.80 Å². The fourth-order valence-electron chi connectivity index (χ4n) is 2.77. The molecule has 1 fully saturated rings. The SMILES string of the molecule is CSc1nc(N2CCN(c3nccc(C)n3)CC2)cc(C(C)(C)C)n1. The highest BCUT2D eigenvalue weighted by atomic mass is 32.2. The zero-order valence-electron chi connectivity index (χ0n) is 15.7. The second-order valence-electron chi connectivity index (χ2n) is 7.32. The first kappa shape index (κ1) is 17.9. The van der Waals surface area contributed by atoms with E-state index in [1.807, 2.05) is 25.4 Å². The third-order valence-electron chi connectivity index (χ3n) is 4.31. The normalized spacial score (nSPS) is 15.6. The van der Waals surface area contributed by atoms with Gasteiger partial charge in [0.1, 0.15) is 5.82 Å². The van der Waals surface area contributed by atoms with Crippen molar-refractivity contribution in [2.45, 2.75) is 38.3 Å². The molecule has 1 aliphatic heterocycles. The molecule has 7 heteroatoms. The lowest BCUT2D eigenvalue weighted by atomic mass is 9.92. The van der Waals surface area contributed by atoms with Crippen LogP contribution in [0.5, 0.6) is 0 Å². The molecule has 0 radical (unpaired) electrons. The minimum absolute atomic E-state index is 0.0133. The van der Waals surface area contributed by atoms with Crippen molar-refractivity contribution in [1.82, 2.24) is 19.9 Å². The molecule has 0 aliphatic carbocycles. The molecule has 1 saturated heterocycles. The van der Waals surface area contributed by atoms with Crippen LogP contribution >= 0.6 is 11.8 Å². The van der Waals surface area contributed by atoms with Gasteiger partial charge in [-0.1, -0.05) is 32.5 Å². The van der Waals surface area contributed by atoms with E-state index in [2.05, 4.69) is 51.6 Å². The fraction of sp³-hybridized carbons (Fsp3) is 0.556. The fourth-order valence-corrected chi connectivity index (χ4v) is 3.15. The molecular formula is C18H26N6S.